The minimum atomic E-state index is -0.699. The molecule has 0 amide bonds. The molecule has 0 aromatic heterocycles. The average molecular weight is 323 g/mol. The number of allylic oxidation sites excluding steroid dienone is 2. The fraction of sp³-hybridized carbons (Fsp3) is 0.857. The predicted molar refractivity (Wildman–Crippen MR) is 98.6 cm³/mol. The monoisotopic (exact) mass is 322 g/mol. The van der Waals surface area contributed by atoms with Crippen LogP contribution in [0.15, 0.2) is 12.2 Å². The highest BCUT2D eigenvalue weighted by Gasteiger charge is 2.13. The average Bonchev–Trinajstić information content (AvgIpc) is 2.55. The maximum Gasteiger partial charge on any atom is 0.161 e. The molecule has 0 aromatic carbocycles. The number of aliphatic hydroxyl groups excluding tert-OH is 1. The molecule has 1 atom stereocenters. The van der Waals surface area contributed by atoms with Crippen molar-refractivity contribution in [3.8, 4) is 0 Å². The van der Waals surface area contributed by atoms with Crippen LogP contribution in [0.3, 0.4) is 0 Å². The van der Waals surface area contributed by atoms with E-state index in [2.05, 4.69) is 12.2 Å². The largest absolute Gasteiger partial charge is 0.385 e. The summed E-state index contributed by atoms with van der Waals surface area (Å²) < 4.78 is 0. The molecule has 0 bridgehead atoms. The maximum absolute atomic E-state index is 11.9. The summed E-state index contributed by atoms with van der Waals surface area (Å²) >= 11 is 0. The van der Waals surface area contributed by atoms with Crippen molar-refractivity contribution in [3.05, 3.63) is 12.2 Å². The smallest absolute Gasteiger partial charge is 0.161 e. The quantitative estimate of drug-likeness (QED) is 0.546. The van der Waals surface area contributed by atoms with Gasteiger partial charge in [0.15, 0.2) is 5.78 Å². The number of rotatable bonds is 0. The maximum atomic E-state index is 11.9. The molecule has 1 unspecified atom stereocenters. The van der Waals surface area contributed by atoms with Crippen LogP contribution in [0.1, 0.15) is 109 Å². The molecule has 1 aliphatic carbocycles. The van der Waals surface area contributed by atoms with E-state index in [1.165, 1.54) is 70.6 Å². The van der Waals surface area contributed by atoms with E-state index in [1.807, 2.05) is 0 Å². The lowest BCUT2D eigenvalue weighted by molar-refractivity contribution is -0.127. The topological polar surface area (TPSA) is 37.3 Å². The third kappa shape index (κ3) is 12.5. The first-order valence-electron chi connectivity index (χ1n) is 10.2. The van der Waals surface area contributed by atoms with Crippen LogP contribution in [0.5, 0.6) is 0 Å². The summed E-state index contributed by atoms with van der Waals surface area (Å²) in [5.74, 6) is 0.0704. The van der Waals surface area contributed by atoms with Crippen LogP contribution in [0.4, 0.5) is 0 Å². The van der Waals surface area contributed by atoms with Gasteiger partial charge in [-0.25, -0.2) is 0 Å². The van der Waals surface area contributed by atoms with Crippen molar-refractivity contribution in [2.45, 2.75) is 115 Å². The number of carbonyl (C=O) groups excluding carboxylic acids is 1. The fourth-order valence-corrected chi connectivity index (χ4v) is 3.32. The van der Waals surface area contributed by atoms with Crippen LogP contribution in [0.2, 0.25) is 0 Å². The molecule has 1 aliphatic rings. The first-order valence-corrected chi connectivity index (χ1v) is 10.2. The molecule has 0 saturated carbocycles. The third-order valence-corrected chi connectivity index (χ3v) is 4.93. The molecule has 23 heavy (non-hydrogen) atoms. The molecule has 0 saturated heterocycles. The molecule has 0 heterocycles. The van der Waals surface area contributed by atoms with Crippen LogP contribution in [0, 0.1) is 0 Å². The second-order valence-corrected chi connectivity index (χ2v) is 7.17. The Morgan fingerprint density at radius 1 is 0.652 bits per heavy atom. The Hall–Kier alpha value is -0.630. The zero-order chi connectivity index (χ0) is 16.6. The summed E-state index contributed by atoms with van der Waals surface area (Å²) in [5, 5.41) is 9.91. The number of hydrogen-bond donors (Lipinski definition) is 1. The molecule has 2 heteroatoms. The molecule has 1 rings (SSSR count). The van der Waals surface area contributed by atoms with Crippen molar-refractivity contribution in [2.75, 3.05) is 0 Å². The number of Topliss-reactive ketones (excluding diaryl/α,β-unsaturated/α-hetero) is 1. The van der Waals surface area contributed by atoms with Gasteiger partial charge < -0.3 is 5.11 Å². The summed E-state index contributed by atoms with van der Waals surface area (Å²) in [6.07, 6.45) is 23.6. The van der Waals surface area contributed by atoms with Crippen molar-refractivity contribution < 1.29 is 9.90 Å². The van der Waals surface area contributed by atoms with E-state index in [9.17, 15) is 9.90 Å². The van der Waals surface area contributed by atoms with Gasteiger partial charge in [-0.2, -0.15) is 0 Å². The molecule has 0 fully saturated rings. The van der Waals surface area contributed by atoms with Crippen LogP contribution >= 0.6 is 0 Å². The summed E-state index contributed by atoms with van der Waals surface area (Å²) in [4.78, 5) is 11.9. The van der Waals surface area contributed by atoms with Gasteiger partial charge in [0.1, 0.15) is 6.10 Å². The van der Waals surface area contributed by atoms with Gasteiger partial charge in [0, 0.05) is 6.42 Å². The van der Waals surface area contributed by atoms with Crippen molar-refractivity contribution in [1.82, 2.24) is 0 Å². The Labute approximate surface area is 143 Å². The molecular weight excluding hydrogens is 284 g/mol. The van der Waals surface area contributed by atoms with Crippen molar-refractivity contribution in [1.29, 1.82) is 0 Å². The molecule has 2 nitrogen and oxygen atoms in total. The Bertz CT molecular complexity index is 309. The zero-order valence-corrected chi connectivity index (χ0v) is 15.1. The van der Waals surface area contributed by atoms with Crippen LogP contribution in [0.25, 0.3) is 0 Å². The van der Waals surface area contributed by atoms with Crippen LogP contribution in [-0.2, 0) is 4.79 Å². The van der Waals surface area contributed by atoms with Gasteiger partial charge in [-0.05, 0) is 38.5 Å². The van der Waals surface area contributed by atoms with Gasteiger partial charge in [0.05, 0.1) is 0 Å². The van der Waals surface area contributed by atoms with E-state index < -0.39 is 6.10 Å². The van der Waals surface area contributed by atoms with E-state index in [-0.39, 0.29) is 5.78 Å². The molecule has 0 radical (unpaired) electrons. The fourth-order valence-electron chi connectivity index (χ4n) is 3.32. The Morgan fingerprint density at radius 3 is 1.65 bits per heavy atom. The number of ketones is 1. The lowest BCUT2D eigenvalue weighted by atomic mass is 10.0. The minimum Gasteiger partial charge on any atom is -0.385 e. The van der Waals surface area contributed by atoms with Gasteiger partial charge in [-0.15, -0.1) is 0 Å². The second kappa shape index (κ2) is 14.9. The van der Waals surface area contributed by atoms with Gasteiger partial charge in [-0.1, -0.05) is 76.4 Å². The van der Waals surface area contributed by atoms with Crippen molar-refractivity contribution in [3.63, 3.8) is 0 Å². The number of carbonyl (C=O) groups is 1. The molecular formula is C21H38O2. The van der Waals surface area contributed by atoms with E-state index in [4.69, 9.17) is 0 Å². The SMILES string of the molecule is O=C1CCCCCCCC/C=C\CCCCCCCCCC1O. The third-order valence-electron chi connectivity index (χ3n) is 4.93. The summed E-state index contributed by atoms with van der Waals surface area (Å²) in [6.45, 7) is 0. The first-order chi connectivity index (χ1) is 11.3. The highest BCUT2D eigenvalue weighted by Crippen LogP contribution is 2.14. The first kappa shape index (κ1) is 20.4. The van der Waals surface area contributed by atoms with Gasteiger partial charge in [0.2, 0.25) is 0 Å². The Kier molecular flexibility index (Phi) is 13.3. The van der Waals surface area contributed by atoms with E-state index in [0.29, 0.717) is 12.8 Å². The molecule has 1 N–H and O–H groups in total. The standard InChI is InChI=1S/C21H38O2/c22-20-18-16-14-12-10-8-6-4-2-1-3-5-7-9-11-13-15-17-19-21(20)23/h1-2,21,23H,3-19H2/b2-1-. The van der Waals surface area contributed by atoms with Crippen molar-refractivity contribution >= 4 is 5.78 Å². The van der Waals surface area contributed by atoms with E-state index in [1.54, 1.807) is 0 Å². The Balaban J connectivity index is 2.22. The summed E-state index contributed by atoms with van der Waals surface area (Å²) in [5.41, 5.74) is 0. The van der Waals surface area contributed by atoms with Gasteiger partial charge in [0.25, 0.3) is 0 Å². The molecule has 0 aliphatic heterocycles. The van der Waals surface area contributed by atoms with Crippen LogP contribution in [-0.4, -0.2) is 17.0 Å². The van der Waals surface area contributed by atoms with E-state index in [0.717, 1.165) is 25.7 Å². The molecule has 134 valence electrons. The minimum absolute atomic E-state index is 0.0704. The lowest BCUT2D eigenvalue weighted by Crippen LogP contribution is -2.19. The summed E-state index contributed by atoms with van der Waals surface area (Å²) in [6, 6.07) is 0. The second-order valence-electron chi connectivity index (χ2n) is 7.17. The normalized spacial score (nSPS) is 27.0. The van der Waals surface area contributed by atoms with Gasteiger partial charge >= 0.3 is 0 Å². The Morgan fingerprint density at radius 2 is 1.09 bits per heavy atom. The van der Waals surface area contributed by atoms with Gasteiger partial charge in [-0.3, -0.25) is 4.79 Å². The molecule has 0 aromatic rings. The predicted octanol–water partition coefficient (Wildman–Crippen LogP) is 6.12. The highest BCUT2D eigenvalue weighted by atomic mass is 16.3. The highest BCUT2D eigenvalue weighted by molar-refractivity contribution is 5.82. The number of hydrogen-bond acceptors (Lipinski definition) is 2. The zero-order valence-electron chi connectivity index (χ0n) is 15.1. The molecule has 0 spiro atoms. The lowest BCUT2D eigenvalue weighted by Gasteiger charge is -2.09. The van der Waals surface area contributed by atoms with Crippen LogP contribution < -0.4 is 0 Å². The summed E-state index contributed by atoms with van der Waals surface area (Å²) in [7, 11) is 0. The van der Waals surface area contributed by atoms with Crippen molar-refractivity contribution in [2.24, 2.45) is 0 Å². The van der Waals surface area contributed by atoms with E-state index >= 15 is 0 Å². The number of aliphatic hydroxyl groups is 1.